The van der Waals surface area contributed by atoms with Crippen molar-refractivity contribution in [2.75, 3.05) is 0 Å². The van der Waals surface area contributed by atoms with Crippen LogP contribution in [-0.2, 0) is 6.61 Å². The van der Waals surface area contributed by atoms with Gasteiger partial charge in [0.15, 0.2) is 0 Å². The summed E-state index contributed by atoms with van der Waals surface area (Å²) in [6.45, 7) is 2.00. The molecule has 0 fully saturated rings. The van der Waals surface area contributed by atoms with Gasteiger partial charge in [-0.25, -0.2) is 0 Å². The van der Waals surface area contributed by atoms with E-state index in [4.69, 9.17) is 9.15 Å². The van der Waals surface area contributed by atoms with Crippen LogP contribution in [0.15, 0.2) is 39.2 Å². The van der Waals surface area contributed by atoms with E-state index in [-0.39, 0.29) is 16.8 Å². The minimum absolute atomic E-state index is 0.156. The first-order chi connectivity index (χ1) is 9.33. The fourth-order valence-corrected chi connectivity index (χ4v) is 1.93. The van der Waals surface area contributed by atoms with Gasteiger partial charge in [0.1, 0.15) is 29.6 Å². The number of ether oxygens (including phenoxy) is 2. The van der Waals surface area contributed by atoms with E-state index in [9.17, 15) is 13.2 Å². The maximum atomic E-state index is 12.1. The van der Waals surface area contributed by atoms with E-state index in [2.05, 4.69) is 20.7 Å². The lowest BCUT2D eigenvalue weighted by molar-refractivity contribution is -0.274. The third kappa shape index (κ3) is 4.19. The van der Waals surface area contributed by atoms with E-state index in [1.165, 1.54) is 18.2 Å². The number of benzene rings is 1. The number of halogens is 4. The molecule has 0 spiro atoms. The first-order valence-electron chi connectivity index (χ1n) is 5.57. The standard InChI is InChI=1S/C13H10BrF3O3/c1-8-2-3-10(19-8)7-18-9-4-5-12(11(14)6-9)20-13(15,16)17/h2-6H,7H2,1H3. The number of alkyl halides is 3. The molecule has 108 valence electrons. The van der Waals surface area contributed by atoms with E-state index in [1.54, 1.807) is 12.1 Å². The van der Waals surface area contributed by atoms with Crippen molar-refractivity contribution in [3.05, 3.63) is 46.3 Å². The SMILES string of the molecule is Cc1ccc(COc2ccc(OC(F)(F)F)c(Br)c2)o1. The van der Waals surface area contributed by atoms with Crippen LogP contribution in [0.4, 0.5) is 13.2 Å². The summed E-state index contributed by atoms with van der Waals surface area (Å²) in [5.74, 6) is 1.48. The van der Waals surface area contributed by atoms with Gasteiger partial charge < -0.3 is 13.9 Å². The van der Waals surface area contributed by atoms with Crippen LogP contribution < -0.4 is 9.47 Å². The summed E-state index contributed by atoms with van der Waals surface area (Å²) in [4.78, 5) is 0. The van der Waals surface area contributed by atoms with Crippen LogP contribution in [0.5, 0.6) is 11.5 Å². The molecule has 0 atom stereocenters. The number of aryl methyl sites for hydroxylation is 1. The van der Waals surface area contributed by atoms with Crippen LogP contribution >= 0.6 is 15.9 Å². The molecule has 1 aromatic heterocycles. The number of rotatable bonds is 4. The molecule has 0 amide bonds. The molecule has 0 aliphatic heterocycles. The highest BCUT2D eigenvalue weighted by atomic mass is 79.9. The van der Waals surface area contributed by atoms with E-state index in [0.29, 0.717) is 11.5 Å². The summed E-state index contributed by atoms with van der Waals surface area (Å²) in [7, 11) is 0. The minimum atomic E-state index is -4.73. The Morgan fingerprint density at radius 1 is 1.20 bits per heavy atom. The molecule has 1 heterocycles. The monoisotopic (exact) mass is 350 g/mol. The molecular weight excluding hydrogens is 341 g/mol. The Kier molecular flexibility index (Phi) is 4.27. The van der Waals surface area contributed by atoms with Gasteiger partial charge in [-0.3, -0.25) is 0 Å². The molecule has 7 heteroatoms. The minimum Gasteiger partial charge on any atom is -0.486 e. The first-order valence-corrected chi connectivity index (χ1v) is 6.36. The lowest BCUT2D eigenvalue weighted by atomic mass is 10.3. The molecule has 1 aromatic carbocycles. The smallest absolute Gasteiger partial charge is 0.486 e. The molecule has 0 aliphatic carbocycles. The summed E-state index contributed by atoms with van der Waals surface area (Å²) >= 11 is 3.00. The highest BCUT2D eigenvalue weighted by molar-refractivity contribution is 9.10. The van der Waals surface area contributed by atoms with E-state index in [0.717, 1.165) is 5.76 Å². The molecule has 2 rings (SSSR count). The van der Waals surface area contributed by atoms with Crippen molar-refractivity contribution in [2.24, 2.45) is 0 Å². The number of furan rings is 1. The highest BCUT2D eigenvalue weighted by Crippen LogP contribution is 2.33. The summed E-state index contributed by atoms with van der Waals surface area (Å²) < 4.78 is 51.0. The molecule has 0 bridgehead atoms. The molecule has 0 aliphatic rings. The second-order valence-electron chi connectivity index (χ2n) is 3.94. The van der Waals surface area contributed by atoms with Gasteiger partial charge in [0.25, 0.3) is 0 Å². The second kappa shape index (κ2) is 5.78. The van der Waals surface area contributed by atoms with Crippen molar-refractivity contribution in [1.29, 1.82) is 0 Å². The average molecular weight is 351 g/mol. The van der Waals surface area contributed by atoms with Crippen LogP contribution in [0.25, 0.3) is 0 Å². The third-order valence-electron chi connectivity index (χ3n) is 2.31. The van der Waals surface area contributed by atoms with Crippen molar-refractivity contribution in [3.63, 3.8) is 0 Å². The Bertz CT molecular complexity index is 593. The van der Waals surface area contributed by atoms with Crippen molar-refractivity contribution in [1.82, 2.24) is 0 Å². The van der Waals surface area contributed by atoms with Gasteiger partial charge >= 0.3 is 6.36 Å². The maximum absolute atomic E-state index is 12.1. The molecule has 0 saturated heterocycles. The van der Waals surface area contributed by atoms with E-state index in [1.807, 2.05) is 6.92 Å². The summed E-state index contributed by atoms with van der Waals surface area (Å²) in [5.41, 5.74) is 0. The fraction of sp³-hybridized carbons (Fsp3) is 0.231. The number of hydrogen-bond donors (Lipinski definition) is 0. The molecule has 2 aromatic rings. The number of hydrogen-bond acceptors (Lipinski definition) is 3. The van der Waals surface area contributed by atoms with Crippen LogP contribution in [0.2, 0.25) is 0 Å². The molecule has 0 unspecified atom stereocenters. The van der Waals surface area contributed by atoms with Crippen molar-refractivity contribution in [2.45, 2.75) is 19.9 Å². The molecule has 0 saturated carbocycles. The molecule has 3 nitrogen and oxygen atoms in total. The predicted molar refractivity (Wildman–Crippen MR) is 68.6 cm³/mol. The van der Waals surface area contributed by atoms with Crippen molar-refractivity contribution < 1.29 is 27.1 Å². The Morgan fingerprint density at radius 2 is 1.95 bits per heavy atom. The largest absolute Gasteiger partial charge is 0.573 e. The zero-order valence-corrected chi connectivity index (χ0v) is 11.9. The van der Waals surface area contributed by atoms with Crippen LogP contribution in [-0.4, -0.2) is 6.36 Å². The topological polar surface area (TPSA) is 31.6 Å². The third-order valence-corrected chi connectivity index (χ3v) is 2.93. The Labute approximate surface area is 121 Å². The summed E-state index contributed by atoms with van der Waals surface area (Å²) in [6, 6.07) is 7.54. The zero-order chi connectivity index (χ0) is 14.8. The highest BCUT2D eigenvalue weighted by Gasteiger charge is 2.31. The van der Waals surface area contributed by atoms with Crippen LogP contribution in [0.1, 0.15) is 11.5 Å². The van der Waals surface area contributed by atoms with Gasteiger partial charge in [-0.1, -0.05) is 0 Å². The lowest BCUT2D eigenvalue weighted by Gasteiger charge is -2.11. The van der Waals surface area contributed by atoms with Crippen molar-refractivity contribution >= 4 is 15.9 Å². The fourth-order valence-electron chi connectivity index (χ4n) is 1.50. The van der Waals surface area contributed by atoms with Gasteiger partial charge in [-0.15, -0.1) is 13.2 Å². The predicted octanol–water partition coefficient (Wildman–Crippen LogP) is 4.83. The zero-order valence-electron chi connectivity index (χ0n) is 10.3. The molecule has 20 heavy (non-hydrogen) atoms. The molecular formula is C13H10BrF3O3. The maximum Gasteiger partial charge on any atom is 0.573 e. The average Bonchev–Trinajstić information content (AvgIpc) is 2.74. The summed E-state index contributed by atoms with van der Waals surface area (Å²) in [6.07, 6.45) is -4.73. The van der Waals surface area contributed by atoms with E-state index >= 15 is 0 Å². The van der Waals surface area contributed by atoms with E-state index < -0.39 is 6.36 Å². The van der Waals surface area contributed by atoms with Gasteiger partial charge in [-0.05, 0) is 53.2 Å². The van der Waals surface area contributed by atoms with Gasteiger partial charge in [0, 0.05) is 0 Å². The van der Waals surface area contributed by atoms with Gasteiger partial charge in [0.05, 0.1) is 4.47 Å². The first kappa shape index (κ1) is 14.8. The normalized spacial score (nSPS) is 11.4. The van der Waals surface area contributed by atoms with Gasteiger partial charge in [0.2, 0.25) is 0 Å². The second-order valence-corrected chi connectivity index (χ2v) is 4.80. The van der Waals surface area contributed by atoms with Crippen molar-refractivity contribution in [3.8, 4) is 11.5 Å². The Balaban J connectivity index is 2.01. The summed E-state index contributed by atoms with van der Waals surface area (Å²) in [5, 5.41) is 0. The van der Waals surface area contributed by atoms with Crippen LogP contribution in [0.3, 0.4) is 0 Å². The molecule has 0 radical (unpaired) electrons. The lowest BCUT2D eigenvalue weighted by Crippen LogP contribution is -2.17. The van der Waals surface area contributed by atoms with Crippen LogP contribution in [0, 0.1) is 6.92 Å². The quantitative estimate of drug-likeness (QED) is 0.791. The molecule has 0 N–H and O–H groups in total. The van der Waals surface area contributed by atoms with Gasteiger partial charge in [-0.2, -0.15) is 0 Å². The Hall–Kier alpha value is -1.63. The Morgan fingerprint density at radius 3 is 2.50 bits per heavy atom.